The lowest BCUT2D eigenvalue weighted by molar-refractivity contribution is -0.142. The Kier molecular flexibility index (Phi) is 26.0. The maximum Gasteiger partial charge on any atom is 0.351 e. The Labute approximate surface area is 669 Å². The van der Waals surface area contributed by atoms with Crippen LogP contribution in [0.2, 0.25) is 0 Å². The molecule has 0 aromatic carbocycles. The van der Waals surface area contributed by atoms with Crippen molar-refractivity contribution in [3.05, 3.63) is 91.5 Å². The lowest BCUT2D eigenvalue weighted by Gasteiger charge is -2.46. The Hall–Kier alpha value is -7.64. The zero-order valence-electron chi connectivity index (χ0n) is 66.7. The van der Waals surface area contributed by atoms with E-state index >= 15 is 18.3 Å². The smallest absolute Gasteiger partial charge is 0.351 e. The molecule has 55 heteroatoms. The van der Waals surface area contributed by atoms with Gasteiger partial charge in [0.05, 0.1) is 109 Å². The molecule has 13 rings (SSSR count). The van der Waals surface area contributed by atoms with E-state index < -0.39 is 142 Å². The number of morpholine rings is 5. The lowest BCUT2D eigenvalue weighted by atomic mass is 10.2. The minimum Gasteiger partial charge on any atom is -0.383 e. The van der Waals surface area contributed by atoms with E-state index in [0.29, 0.717) is 13.1 Å². The van der Waals surface area contributed by atoms with Gasteiger partial charge in [0, 0.05) is 64.4 Å². The largest absolute Gasteiger partial charge is 0.383 e. The van der Waals surface area contributed by atoms with Crippen LogP contribution in [-0.4, -0.2) is 337 Å². The summed E-state index contributed by atoms with van der Waals surface area (Å²) in [4.78, 5) is 98.6. The van der Waals surface area contributed by atoms with E-state index in [1.165, 1.54) is 136 Å². The van der Waals surface area contributed by atoms with E-state index in [1.807, 2.05) is 13.8 Å². The van der Waals surface area contributed by atoms with Crippen molar-refractivity contribution in [2.24, 2.45) is 0 Å². The molecule has 15 atom stereocenters. The molecule has 5 saturated heterocycles. The van der Waals surface area contributed by atoms with Crippen molar-refractivity contribution >= 4 is 101 Å². The standard InChI is InChI=1S/C62H100N31O19P5/c1-37(2)84-18-38(108-45(23-84)89-16-14-43(63)73-61(89)96)29-104-115(100,81(7)8)88-22-42(112-49(27-88)93-36-72-52-56(93)76-60(67)78-58(52)95)32-107-117(102,83(11)12)87-21-41(111-47(25-87)91-34-70-50-53(65)68-33-69-54(50)91)31-106-114(99,80(5)6)85-20-40(109-46(24-85)90-17-15-44(64)74-62(90)97)30-105-116(101,82(9)10)86-19-39(28-103-113(13,98)79(3)4)110-48(26-86)92-35-71-51-55(92)75-59(66)77-57(51)94/h14-17,33-42,45-49H,18-32H2,1-13H3,(H2,63,73,96)(H2,64,74,97)(H2,65,68,69)(H3,66,75,77,94)(H3,67,76,78,95)/t38-,39-,40-,41-,42-,45+,46+,47+,48+,49+,113?,114?,115?,116?,117?/m0/s1. The number of anilines is 5. The zero-order valence-corrected chi connectivity index (χ0v) is 71.2. The number of nitrogens with zero attached hydrogens (tertiary/aromatic N) is 24. The fourth-order valence-corrected chi connectivity index (χ4v) is 22.7. The second-order valence-corrected chi connectivity index (χ2v) is 42.9. The van der Waals surface area contributed by atoms with Crippen LogP contribution < -0.4 is 51.2 Å². The van der Waals surface area contributed by atoms with Crippen molar-refractivity contribution in [1.82, 2.24) is 125 Å². The van der Waals surface area contributed by atoms with E-state index in [1.54, 1.807) is 51.5 Å². The average molecular weight is 1740 g/mol. The molecule has 50 nitrogen and oxygen atoms in total. The zero-order chi connectivity index (χ0) is 84.3. The van der Waals surface area contributed by atoms with E-state index in [9.17, 15) is 23.7 Å². The van der Waals surface area contributed by atoms with Gasteiger partial charge in [-0.25, -0.2) is 76.5 Å². The Morgan fingerprint density at radius 3 is 1.09 bits per heavy atom. The number of aromatic amines is 2. The first-order valence-electron chi connectivity index (χ1n) is 36.9. The Morgan fingerprint density at radius 1 is 0.419 bits per heavy atom. The minimum atomic E-state index is -4.43. The number of fused-ring (bicyclic) bond motifs is 3. The van der Waals surface area contributed by atoms with E-state index in [0.717, 1.165) is 4.57 Å². The van der Waals surface area contributed by atoms with Crippen LogP contribution in [0, 0.1) is 0 Å². The molecule has 0 saturated carbocycles. The Bertz CT molecular complexity index is 5430. The molecule has 0 aliphatic carbocycles. The third kappa shape index (κ3) is 18.2. The second-order valence-electron chi connectivity index (χ2n) is 29.8. The van der Waals surface area contributed by atoms with Crippen molar-refractivity contribution in [2.45, 2.75) is 81.5 Å². The summed E-state index contributed by atoms with van der Waals surface area (Å²) in [5.41, 5.74) is 28.0. The number of nitrogens with two attached hydrogens (primary N) is 5. The third-order valence-corrected chi connectivity index (χ3v) is 32.6. The molecule has 8 aromatic rings. The van der Waals surface area contributed by atoms with Crippen molar-refractivity contribution in [3.8, 4) is 0 Å². The highest BCUT2D eigenvalue weighted by atomic mass is 31.2. The number of imidazole rings is 3. The summed E-state index contributed by atoms with van der Waals surface area (Å²) in [5, 5.41) is 0. The predicted octanol–water partition coefficient (Wildman–Crippen LogP) is 0.0692. The topological polar surface area (TPSA) is 581 Å². The van der Waals surface area contributed by atoms with Gasteiger partial charge in [0.1, 0.15) is 42.2 Å². The maximum absolute atomic E-state index is 16.5. The molecule has 5 aliphatic heterocycles. The summed E-state index contributed by atoms with van der Waals surface area (Å²) >= 11 is 0. The number of nitrogens with one attached hydrogen (secondary N) is 2. The summed E-state index contributed by atoms with van der Waals surface area (Å²) in [7, 11) is -5.13. The van der Waals surface area contributed by atoms with Crippen molar-refractivity contribution in [2.75, 3.05) is 204 Å². The van der Waals surface area contributed by atoms with Gasteiger partial charge < -0.3 is 75.0 Å². The highest BCUT2D eigenvalue weighted by molar-refractivity contribution is 7.55. The van der Waals surface area contributed by atoms with Crippen LogP contribution in [0.4, 0.5) is 29.4 Å². The summed E-state index contributed by atoms with van der Waals surface area (Å²) in [5.74, 6) is -0.434. The normalized spacial score (nSPS) is 26.1. The van der Waals surface area contributed by atoms with Crippen LogP contribution in [-0.2, 0) is 69.1 Å². The molecule has 0 bridgehead atoms. The summed E-state index contributed by atoms with van der Waals surface area (Å²) in [6.45, 7) is 2.42. The summed E-state index contributed by atoms with van der Waals surface area (Å²) < 4.78 is 164. The van der Waals surface area contributed by atoms with Crippen LogP contribution in [0.3, 0.4) is 0 Å². The average Bonchev–Trinajstić information content (AvgIpc) is 1.08. The first kappa shape index (κ1) is 87.2. The van der Waals surface area contributed by atoms with E-state index in [-0.39, 0.29) is 134 Å². The lowest BCUT2D eigenvalue weighted by Crippen LogP contribution is -2.52. The number of hydrogen-bond donors (Lipinski definition) is 7. The van der Waals surface area contributed by atoms with Gasteiger partial charge in [0.2, 0.25) is 11.9 Å². The monoisotopic (exact) mass is 1740 g/mol. The molecule has 12 N–H and O–H groups in total. The van der Waals surface area contributed by atoms with E-state index in [2.05, 4.69) is 59.7 Å². The molecular formula is C62H100N31O19P5. The van der Waals surface area contributed by atoms with Crippen molar-refractivity contribution in [1.29, 1.82) is 0 Å². The molecule has 0 spiro atoms. The molecule has 0 radical (unpaired) electrons. The van der Waals surface area contributed by atoms with Crippen LogP contribution >= 0.6 is 38.2 Å². The van der Waals surface area contributed by atoms with Gasteiger partial charge in [-0.15, -0.1) is 0 Å². The number of H-pyrrole nitrogens is 2. The number of rotatable bonds is 30. The molecule has 5 unspecified atom stereocenters. The molecule has 642 valence electrons. The molecule has 5 aliphatic rings. The SMILES string of the molecule is CC(C)N1C[C@@H](COP(=O)(N(C)C)N2C[C@@H](COP(=O)(N(C)C)N3C[C@@H](COP(=O)(N(C)C)N4C[C@@H](COP(=O)(N(C)C)N5C[C@@H](COP(C)(=O)N(C)C)O[C@@H](n6cnc7c(=O)[nH]c(N)nc76)C5)O[C@@H](n5ccc(N)nc5=O)C4)O[C@@H](n4cnc5c(N)ncnc54)C3)O[C@@H](n3cnc4c(=O)[nH]c(N)nc43)C2)O[C@@H](n2ccc(N)nc2=O)C1. The highest BCUT2D eigenvalue weighted by Gasteiger charge is 2.51. The van der Waals surface area contributed by atoms with Crippen molar-refractivity contribution in [3.63, 3.8) is 0 Å². The predicted molar refractivity (Wildman–Crippen MR) is 425 cm³/mol. The van der Waals surface area contributed by atoms with Gasteiger partial charge >= 0.3 is 42.1 Å². The number of aromatic nitrogens is 16. The third-order valence-electron chi connectivity index (χ3n) is 20.4. The first-order chi connectivity index (χ1) is 55.2. The van der Waals surface area contributed by atoms with Gasteiger partial charge in [-0.3, -0.25) is 70.1 Å². The first-order valence-corrected chi connectivity index (χ1v) is 45.1. The highest BCUT2D eigenvalue weighted by Crippen LogP contribution is 2.60. The van der Waals surface area contributed by atoms with Crippen LogP contribution in [0.15, 0.2) is 69.0 Å². The summed E-state index contributed by atoms with van der Waals surface area (Å²) in [6.07, 6.45) is -2.46. The van der Waals surface area contributed by atoms with Gasteiger partial charge in [0.15, 0.2) is 46.2 Å². The van der Waals surface area contributed by atoms with Gasteiger partial charge in [-0.1, -0.05) is 0 Å². The molecule has 13 heterocycles. The quantitative estimate of drug-likeness (QED) is 0.0293. The van der Waals surface area contributed by atoms with Crippen LogP contribution in [0.1, 0.15) is 45.0 Å². The minimum absolute atomic E-state index is 0.0165. The molecule has 117 heavy (non-hydrogen) atoms. The van der Waals surface area contributed by atoms with Gasteiger partial charge in [0.25, 0.3) is 18.6 Å². The Balaban J connectivity index is 0.783. The fourth-order valence-electron chi connectivity index (χ4n) is 14.0. The van der Waals surface area contributed by atoms with E-state index in [4.69, 9.17) is 75.0 Å². The van der Waals surface area contributed by atoms with Crippen LogP contribution in [0.5, 0.6) is 0 Å². The van der Waals surface area contributed by atoms with Gasteiger partial charge in [-0.2, -0.15) is 19.9 Å². The number of hydrogen-bond acceptors (Lipinski definition) is 34. The molecule has 8 aromatic heterocycles. The van der Waals surface area contributed by atoms with Crippen molar-refractivity contribution < 1.29 is 69.1 Å². The molecule has 5 fully saturated rings. The number of nitrogen functional groups attached to an aromatic ring is 5. The fraction of sp³-hybridized carbons (Fsp3) is 0.629. The second kappa shape index (κ2) is 34.8. The summed E-state index contributed by atoms with van der Waals surface area (Å²) in [6, 6.07) is 2.85. The maximum atomic E-state index is 16.5. The Morgan fingerprint density at radius 2 is 0.744 bits per heavy atom. The number of ether oxygens (including phenoxy) is 5. The van der Waals surface area contributed by atoms with Crippen LogP contribution in [0.25, 0.3) is 33.5 Å². The van der Waals surface area contributed by atoms with Gasteiger partial charge in [-0.05, 0) is 96.5 Å². The molecule has 0 amide bonds. The molecular weight excluding hydrogens is 1640 g/mol.